The van der Waals surface area contributed by atoms with Crippen LogP contribution in [0.3, 0.4) is 0 Å². The predicted molar refractivity (Wildman–Crippen MR) is 77.1 cm³/mol. The van der Waals surface area contributed by atoms with Crippen LogP contribution in [0.15, 0.2) is 41.0 Å². The first-order valence-electron chi connectivity index (χ1n) is 6.19. The average molecular weight is 292 g/mol. The lowest BCUT2D eigenvalue weighted by Crippen LogP contribution is -2.13. The number of aryl methyl sites for hydroxylation is 1. The van der Waals surface area contributed by atoms with Crippen molar-refractivity contribution in [2.45, 2.75) is 19.8 Å². The number of anilines is 1. The molecule has 0 atom stereocenters. The van der Waals surface area contributed by atoms with E-state index in [4.69, 9.17) is 16.0 Å². The lowest BCUT2D eigenvalue weighted by molar-refractivity contribution is -0.116. The maximum Gasteiger partial charge on any atom is 0.224 e. The number of carbonyl (C=O) groups excluding carboxylic acids is 2. The highest BCUT2D eigenvalue weighted by Gasteiger charge is 2.11. The molecule has 1 amide bonds. The van der Waals surface area contributed by atoms with Gasteiger partial charge < -0.3 is 9.73 Å². The van der Waals surface area contributed by atoms with Gasteiger partial charge in [0, 0.05) is 23.6 Å². The van der Waals surface area contributed by atoms with Gasteiger partial charge in [-0.25, -0.2) is 0 Å². The molecule has 20 heavy (non-hydrogen) atoms. The zero-order valence-corrected chi connectivity index (χ0v) is 11.7. The summed E-state index contributed by atoms with van der Waals surface area (Å²) >= 11 is 5.97. The third kappa shape index (κ3) is 3.71. The number of rotatable bonds is 5. The normalized spacial score (nSPS) is 10.3. The Morgan fingerprint density at radius 2 is 2.05 bits per heavy atom. The van der Waals surface area contributed by atoms with Gasteiger partial charge in [0.05, 0.1) is 6.26 Å². The molecular formula is C15H14ClNO3. The zero-order valence-electron chi connectivity index (χ0n) is 11.0. The summed E-state index contributed by atoms with van der Waals surface area (Å²) in [6.45, 7) is 1.88. The molecule has 0 bridgehead atoms. The van der Waals surface area contributed by atoms with Crippen LogP contribution in [0.5, 0.6) is 0 Å². The Morgan fingerprint density at radius 3 is 2.70 bits per heavy atom. The van der Waals surface area contributed by atoms with Crippen LogP contribution in [0.25, 0.3) is 0 Å². The number of halogens is 1. The molecule has 1 heterocycles. The third-order valence-corrected chi connectivity index (χ3v) is 3.24. The summed E-state index contributed by atoms with van der Waals surface area (Å²) in [4.78, 5) is 23.4. The van der Waals surface area contributed by atoms with E-state index >= 15 is 0 Å². The van der Waals surface area contributed by atoms with E-state index in [0.717, 1.165) is 5.56 Å². The Morgan fingerprint density at radius 1 is 1.25 bits per heavy atom. The van der Waals surface area contributed by atoms with Crippen LogP contribution < -0.4 is 5.32 Å². The van der Waals surface area contributed by atoms with Crippen molar-refractivity contribution in [2.75, 3.05) is 5.32 Å². The Bertz CT molecular complexity index is 620. The summed E-state index contributed by atoms with van der Waals surface area (Å²) in [6.07, 6.45) is 1.64. The standard InChI is InChI=1S/C15H14ClNO3/c1-10-4-5-11(9-12(10)16)17-15(19)7-6-13(18)14-3-2-8-20-14/h2-5,8-9H,6-7H2,1H3,(H,17,19). The molecule has 1 aromatic heterocycles. The van der Waals surface area contributed by atoms with Crippen molar-refractivity contribution in [1.29, 1.82) is 0 Å². The predicted octanol–water partition coefficient (Wildman–Crippen LogP) is 3.84. The fraction of sp³-hybridized carbons (Fsp3) is 0.200. The van der Waals surface area contributed by atoms with Gasteiger partial charge in [0.2, 0.25) is 5.91 Å². The molecule has 0 fully saturated rings. The summed E-state index contributed by atoms with van der Waals surface area (Å²) < 4.78 is 4.98. The summed E-state index contributed by atoms with van der Waals surface area (Å²) in [6, 6.07) is 8.50. The largest absolute Gasteiger partial charge is 0.461 e. The minimum Gasteiger partial charge on any atom is -0.461 e. The van der Waals surface area contributed by atoms with Crippen molar-refractivity contribution in [3.63, 3.8) is 0 Å². The summed E-state index contributed by atoms with van der Waals surface area (Å²) in [5.74, 6) is -0.145. The first-order chi connectivity index (χ1) is 9.56. The number of benzene rings is 1. The summed E-state index contributed by atoms with van der Waals surface area (Å²) in [7, 11) is 0. The molecular weight excluding hydrogens is 278 g/mol. The smallest absolute Gasteiger partial charge is 0.224 e. The van der Waals surface area contributed by atoms with Gasteiger partial charge >= 0.3 is 0 Å². The summed E-state index contributed by atoms with van der Waals surface area (Å²) in [5.41, 5.74) is 1.56. The van der Waals surface area contributed by atoms with Crippen molar-refractivity contribution in [2.24, 2.45) is 0 Å². The molecule has 0 radical (unpaired) electrons. The Balaban J connectivity index is 1.86. The van der Waals surface area contributed by atoms with E-state index in [1.165, 1.54) is 6.26 Å². The van der Waals surface area contributed by atoms with Crippen LogP contribution in [0, 0.1) is 6.92 Å². The van der Waals surface area contributed by atoms with Gasteiger partial charge in [-0.2, -0.15) is 0 Å². The van der Waals surface area contributed by atoms with Gasteiger partial charge in [0.15, 0.2) is 11.5 Å². The van der Waals surface area contributed by atoms with Crippen LogP contribution in [-0.4, -0.2) is 11.7 Å². The van der Waals surface area contributed by atoms with Crippen molar-refractivity contribution < 1.29 is 14.0 Å². The van der Waals surface area contributed by atoms with E-state index in [1.54, 1.807) is 24.3 Å². The zero-order chi connectivity index (χ0) is 14.5. The van der Waals surface area contributed by atoms with E-state index < -0.39 is 0 Å². The van der Waals surface area contributed by atoms with Gasteiger partial charge in [-0.05, 0) is 36.8 Å². The molecule has 0 unspecified atom stereocenters. The molecule has 104 valence electrons. The molecule has 0 aliphatic carbocycles. The van der Waals surface area contributed by atoms with Gasteiger partial charge in [-0.1, -0.05) is 17.7 Å². The Kier molecular flexibility index (Phi) is 4.58. The number of amides is 1. The molecule has 4 nitrogen and oxygen atoms in total. The maximum absolute atomic E-state index is 11.7. The van der Waals surface area contributed by atoms with Crippen molar-refractivity contribution in [3.05, 3.63) is 52.9 Å². The lowest BCUT2D eigenvalue weighted by Gasteiger charge is -2.06. The number of hydrogen-bond acceptors (Lipinski definition) is 3. The highest BCUT2D eigenvalue weighted by atomic mass is 35.5. The molecule has 2 aromatic rings. The van der Waals surface area contributed by atoms with Crippen LogP contribution >= 0.6 is 11.6 Å². The van der Waals surface area contributed by atoms with Crippen LogP contribution in [0.4, 0.5) is 5.69 Å². The highest BCUT2D eigenvalue weighted by molar-refractivity contribution is 6.31. The maximum atomic E-state index is 11.7. The molecule has 0 aliphatic rings. The number of furan rings is 1. The van der Waals surface area contributed by atoms with E-state index in [-0.39, 0.29) is 30.3 Å². The second-order valence-corrected chi connectivity index (χ2v) is 4.82. The fourth-order valence-corrected chi connectivity index (χ4v) is 1.86. The number of nitrogens with one attached hydrogen (secondary N) is 1. The van der Waals surface area contributed by atoms with Gasteiger partial charge in [-0.15, -0.1) is 0 Å². The molecule has 0 saturated carbocycles. The van der Waals surface area contributed by atoms with E-state index in [9.17, 15) is 9.59 Å². The molecule has 2 rings (SSSR count). The van der Waals surface area contributed by atoms with Crippen molar-refractivity contribution in [1.82, 2.24) is 0 Å². The van der Waals surface area contributed by atoms with E-state index in [2.05, 4.69) is 5.32 Å². The van der Waals surface area contributed by atoms with Gasteiger partial charge in [0.1, 0.15) is 0 Å². The molecule has 0 saturated heterocycles. The minimum absolute atomic E-state index is 0.102. The molecule has 5 heteroatoms. The fourth-order valence-electron chi connectivity index (χ4n) is 1.68. The van der Waals surface area contributed by atoms with E-state index in [1.807, 2.05) is 13.0 Å². The lowest BCUT2D eigenvalue weighted by atomic mass is 10.1. The highest BCUT2D eigenvalue weighted by Crippen LogP contribution is 2.20. The Labute approximate surface area is 121 Å². The topological polar surface area (TPSA) is 59.3 Å². The van der Waals surface area contributed by atoms with Crippen LogP contribution in [0.2, 0.25) is 5.02 Å². The molecule has 0 aliphatic heterocycles. The first-order valence-corrected chi connectivity index (χ1v) is 6.57. The quantitative estimate of drug-likeness (QED) is 0.851. The third-order valence-electron chi connectivity index (χ3n) is 2.83. The molecule has 1 aromatic carbocycles. The van der Waals surface area contributed by atoms with Gasteiger partial charge in [-0.3, -0.25) is 9.59 Å². The summed E-state index contributed by atoms with van der Waals surface area (Å²) in [5, 5.41) is 3.30. The minimum atomic E-state index is -0.232. The first kappa shape index (κ1) is 14.3. The second-order valence-electron chi connectivity index (χ2n) is 4.41. The second kappa shape index (κ2) is 6.39. The number of ketones is 1. The molecule has 0 spiro atoms. The van der Waals surface area contributed by atoms with Crippen LogP contribution in [-0.2, 0) is 4.79 Å². The monoisotopic (exact) mass is 291 g/mol. The number of Topliss-reactive ketones (excluding diaryl/α,β-unsaturated/α-hetero) is 1. The van der Waals surface area contributed by atoms with Crippen molar-refractivity contribution >= 4 is 29.0 Å². The van der Waals surface area contributed by atoms with Gasteiger partial charge in [0.25, 0.3) is 0 Å². The van der Waals surface area contributed by atoms with Crippen molar-refractivity contribution in [3.8, 4) is 0 Å². The van der Waals surface area contributed by atoms with Crippen LogP contribution in [0.1, 0.15) is 29.0 Å². The SMILES string of the molecule is Cc1ccc(NC(=O)CCC(=O)c2ccco2)cc1Cl. The number of hydrogen-bond donors (Lipinski definition) is 1. The number of carbonyl (C=O) groups is 2. The Hall–Kier alpha value is -2.07. The van der Waals surface area contributed by atoms with E-state index in [0.29, 0.717) is 10.7 Å². The molecule has 1 N–H and O–H groups in total. The average Bonchev–Trinajstić information content (AvgIpc) is 2.94.